The van der Waals surface area contributed by atoms with E-state index in [1.54, 1.807) is 18.2 Å². The summed E-state index contributed by atoms with van der Waals surface area (Å²) in [5.41, 5.74) is 1.76. The van der Waals surface area contributed by atoms with Gasteiger partial charge in [0.1, 0.15) is 11.5 Å². The monoisotopic (exact) mass is 470 g/mol. The molecule has 2 aromatic carbocycles. The van der Waals surface area contributed by atoms with Crippen LogP contribution in [0.4, 0.5) is 4.79 Å². The molecule has 116 valence electrons. The second kappa shape index (κ2) is 7.46. The summed E-state index contributed by atoms with van der Waals surface area (Å²) in [5, 5.41) is 9.39. The fraction of sp³-hybridized carbons (Fsp3) is 0.235. The topological polar surface area (TPSA) is 55.8 Å². The number of phenolic OH excluding ortho intramolecular Hbond substituents is 1. The molecular weight excluding hydrogens is 452 g/mol. The maximum atomic E-state index is 11.2. The Hall–Kier alpha value is -1.80. The van der Waals surface area contributed by atoms with Gasteiger partial charge in [0.15, 0.2) is 0 Å². The predicted octanol–water partition coefficient (Wildman–Crippen LogP) is 3.86. The van der Waals surface area contributed by atoms with Crippen LogP contribution in [0.2, 0.25) is 0 Å². The minimum atomic E-state index is -0.741. The van der Waals surface area contributed by atoms with Gasteiger partial charge in [-0.1, -0.05) is 38.1 Å². The van der Waals surface area contributed by atoms with E-state index >= 15 is 0 Å². The molecule has 0 spiro atoms. The van der Waals surface area contributed by atoms with Crippen LogP contribution in [0.25, 0.3) is 0 Å². The Balaban J connectivity index is 0.00000242. The molecule has 0 fully saturated rings. The van der Waals surface area contributed by atoms with Crippen molar-refractivity contribution in [3.8, 4) is 11.5 Å². The van der Waals surface area contributed by atoms with Crippen molar-refractivity contribution in [3.63, 3.8) is 0 Å². The Labute approximate surface area is 144 Å². The van der Waals surface area contributed by atoms with Gasteiger partial charge in [0.25, 0.3) is 0 Å². The van der Waals surface area contributed by atoms with Gasteiger partial charge in [-0.3, -0.25) is 0 Å². The summed E-state index contributed by atoms with van der Waals surface area (Å²) in [6, 6.07) is 14.4. The molecule has 0 aliphatic rings. The molecule has 1 N–H and O–H groups in total. The number of methoxy groups -OCH3 is 1. The van der Waals surface area contributed by atoms with Crippen LogP contribution in [0.3, 0.4) is 0 Å². The summed E-state index contributed by atoms with van der Waals surface area (Å²) >= 11 is 0. The molecule has 0 aromatic heterocycles. The van der Waals surface area contributed by atoms with E-state index in [1.165, 1.54) is 7.11 Å². The van der Waals surface area contributed by atoms with Crippen LogP contribution in [0, 0.1) is 0 Å². The third-order valence-electron chi connectivity index (χ3n) is 3.51. The van der Waals surface area contributed by atoms with Crippen LogP contribution >= 0.6 is 0 Å². The Morgan fingerprint density at radius 2 is 1.68 bits per heavy atom. The standard InChI is InChI=1S/C17H18O4.W/c1-17(2,12-7-9-14(18)10-8-12)13-5-4-6-15(11-13)21-16(19)20-3;/h4-11,18H,1-3H3;. The molecule has 2 rings (SSSR count). The molecule has 22 heavy (non-hydrogen) atoms. The van der Waals surface area contributed by atoms with Gasteiger partial charge < -0.3 is 14.6 Å². The van der Waals surface area contributed by atoms with E-state index in [2.05, 4.69) is 18.6 Å². The first-order valence-corrected chi connectivity index (χ1v) is 6.59. The van der Waals surface area contributed by atoms with E-state index < -0.39 is 6.16 Å². The fourth-order valence-corrected chi connectivity index (χ4v) is 2.13. The number of hydrogen-bond acceptors (Lipinski definition) is 4. The zero-order chi connectivity index (χ0) is 15.5. The van der Waals surface area contributed by atoms with Gasteiger partial charge in [-0.15, -0.1) is 0 Å². The molecule has 0 aliphatic heterocycles. The Kier molecular flexibility index (Phi) is 6.19. The second-order valence-electron chi connectivity index (χ2n) is 5.26. The number of phenols is 1. The van der Waals surface area contributed by atoms with E-state index in [0.29, 0.717) is 5.75 Å². The number of hydrogen-bond donors (Lipinski definition) is 1. The number of rotatable bonds is 3. The van der Waals surface area contributed by atoms with E-state index in [-0.39, 0.29) is 32.2 Å². The van der Waals surface area contributed by atoms with Crippen LogP contribution < -0.4 is 4.74 Å². The van der Waals surface area contributed by atoms with Crippen molar-refractivity contribution < 1.29 is 40.4 Å². The number of carbonyl (C=O) groups is 1. The molecule has 0 atom stereocenters. The molecule has 0 saturated carbocycles. The largest absolute Gasteiger partial charge is 0.513 e. The maximum absolute atomic E-state index is 11.2. The molecule has 2 aromatic rings. The van der Waals surface area contributed by atoms with Gasteiger partial charge in [-0.25, -0.2) is 4.79 Å². The number of aromatic hydroxyl groups is 1. The van der Waals surface area contributed by atoms with Gasteiger partial charge in [-0.2, -0.15) is 0 Å². The van der Waals surface area contributed by atoms with Crippen LogP contribution in [0.15, 0.2) is 48.5 Å². The third-order valence-corrected chi connectivity index (χ3v) is 3.51. The van der Waals surface area contributed by atoms with Crippen molar-refractivity contribution in [2.45, 2.75) is 19.3 Å². The molecule has 0 unspecified atom stereocenters. The van der Waals surface area contributed by atoms with E-state index in [4.69, 9.17) is 4.74 Å². The zero-order valence-corrected chi connectivity index (χ0v) is 15.6. The smallest absolute Gasteiger partial charge is 0.508 e. The molecule has 4 nitrogen and oxygen atoms in total. The zero-order valence-electron chi connectivity index (χ0n) is 12.7. The normalized spacial score (nSPS) is 10.5. The number of carbonyl (C=O) groups excluding carboxylic acids is 1. The van der Waals surface area contributed by atoms with Crippen LogP contribution in [-0.2, 0) is 31.2 Å². The summed E-state index contributed by atoms with van der Waals surface area (Å²) in [6.07, 6.45) is -0.741. The summed E-state index contributed by atoms with van der Waals surface area (Å²) in [5.74, 6) is 0.670. The average molecular weight is 470 g/mol. The summed E-state index contributed by atoms with van der Waals surface area (Å²) < 4.78 is 9.54. The molecule has 0 bridgehead atoms. The molecular formula is C17H18O4W. The molecule has 0 heterocycles. The molecule has 0 radical (unpaired) electrons. The van der Waals surface area contributed by atoms with E-state index in [1.807, 2.05) is 30.3 Å². The number of benzene rings is 2. The Bertz CT molecular complexity index is 635. The van der Waals surface area contributed by atoms with Gasteiger partial charge in [-0.05, 0) is 35.4 Å². The third kappa shape index (κ3) is 4.11. The van der Waals surface area contributed by atoms with Gasteiger partial charge >= 0.3 is 6.16 Å². The van der Waals surface area contributed by atoms with E-state index in [0.717, 1.165) is 11.1 Å². The molecule has 0 saturated heterocycles. The van der Waals surface area contributed by atoms with E-state index in [9.17, 15) is 9.90 Å². The predicted molar refractivity (Wildman–Crippen MR) is 79.7 cm³/mol. The second-order valence-corrected chi connectivity index (χ2v) is 5.26. The first-order valence-electron chi connectivity index (χ1n) is 6.59. The molecule has 0 amide bonds. The number of ether oxygens (including phenoxy) is 2. The van der Waals surface area contributed by atoms with Gasteiger partial charge in [0, 0.05) is 26.5 Å². The van der Waals surface area contributed by atoms with Crippen molar-refractivity contribution >= 4 is 6.16 Å². The van der Waals surface area contributed by atoms with Gasteiger partial charge in [0.2, 0.25) is 0 Å². The van der Waals surface area contributed by atoms with Gasteiger partial charge in [0.05, 0.1) is 7.11 Å². The maximum Gasteiger partial charge on any atom is 0.513 e. The molecule has 0 aliphatic carbocycles. The minimum Gasteiger partial charge on any atom is -0.508 e. The van der Waals surface area contributed by atoms with Crippen LogP contribution in [0.5, 0.6) is 11.5 Å². The van der Waals surface area contributed by atoms with Crippen molar-refractivity contribution in [2.75, 3.05) is 7.11 Å². The van der Waals surface area contributed by atoms with Crippen molar-refractivity contribution in [1.29, 1.82) is 0 Å². The molecule has 5 heteroatoms. The minimum absolute atomic E-state index is 0. The summed E-state index contributed by atoms with van der Waals surface area (Å²) in [6.45, 7) is 4.13. The summed E-state index contributed by atoms with van der Waals surface area (Å²) in [7, 11) is 1.27. The van der Waals surface area contributed by atoms with Crippen LogP contribution in [0.1, 0.15) is 25.0 Å². The van der Waals surface area contributed by atoms with Crippen molar-refractivity contribution in [1.82, 2.24) is 0 Å². The van der Waals surface area contributed by atoms with Crippen molar-refractivity contribution in [2.24, 2.45) is 0 Å². The quantitative estimate of drug-likeness (QED) is 0.547. The average Bonchev–Trinajstić information content (AvgIpc) is 2.48. The SMILES string of the molecule is COC(=O)Oc1cccc(C(C)(C)c2ccc(O)cc2)c1.[W]. The fourth-order valence-electron chi connectivity index (χ4n) is 2.13. The first kappa shape index (κ1) is 18.2. The first-order chi connectivity index (χ1) is 9.93. The summed E-state index contributed by atoms with van der Waals surface area (Å²) in [4.78, 5) is 11.2. The van der Waals surface area contributed by atoms with Crippen molar-refractivity contribution in [3.05, 3.63) is 59.7 Å². The van der Waals surface area contributed by atoms with Crippen LogP contribution in [-0.4, -0.2) is 18.4 Å². The Morgan fingerprint density at radius 1 is 1.05 bits per heavy atom. The Morgan fingerprint density at radius 3 is 2.27 bits per heavy atom.